The minimum absolute atomic E-state index is 0.0454. The number of anilines is 1. The van der Waals surface area contributed by atoms with Crippen LogP contribution in [0.5, 0.6) is 5.75 Å². The van der Waals surface area contributed by atoms with E-state index in [0.29, 0.717) is 36.3 Å². The first-order chi connectivity index (χ1) is 41.6. The Morgan fingerprint density at radius 3 is 1.79 bits per heavy atom. The first kappa shape index (κ1) is 56.4. The van der Waals surface area contributed by atoms with Crippen LogP contribution >= 0.6 is 46.2 Å². The molecule has 1 fully saturated rings. The predicted octanol–water partition coefficient (Wildman–Crippen LogP) is 13.2. The first-order valence-electron chi connectivity index (χ1n) is 27.1. The summed E-state index contributed by atoms with van der Waals surface area (Å²) in [5.41, 5.74) is 3.65. The van der Waals surface area contributed by atoms with Gasteiger partial charge in [0, 0.05) is 49.7 Å². The summed E-state index contributed by atoms with van der Waals surface area (Å²) in [5.74, 6) is -1.41. The number of hydrogen-bond acceptors (Lipinski definition) is 14. The van der Waals surface area contributed by atoms with Crippen molar-refractivity contribution in [2.75, 3.05) is 23.9 Å². The Morgan fingerprint density at radius 1 is 0.706 bits per heavy atom. The molecule has 0 spiro atoms. The smallest absolute Gasteiger partial charge is 0.355 e. The van der Waals surface area contributed by atoms with Crippen LogP contribution in [0.25, 0.3) is 10.1 Å². The van der Waals surface area contributed by atoms with Crippen molar-refractivity contribution in [2.24, 2.45) is 5.16 Å². The van der Waals surface area contributed by atoms with Gasteiger partial charge in [-0.15, -0.1) is 46.2 Å². The number of hydrogen-bond donors (Lipinski definition) is 2. The molecule has 0 aliphatic carbocycles. The normalized spacial score (nSPS) is 15.2. The number of fused-ring (bicyclic) bond motifs is 2. The summed E-state index contributed by atoms with van der Waals surface area (Å²) in [4.78, 5) is 71.6. The zero-order valence-corrected chi connectivity index (χ0v) is 48.8. The second-order valence-corrected chi connectivity index (χ2v) is 24.2. The van der Waals surface area contributed by atoms with Crippen LogP contribution in [0.2, 0.25) is 0 Å². The first-order valence-corrected chi connectivity index (χ1v) is 30.8. The number of oxime groups is 1. The molecule has 2 aromatic heterocycles. The molecule has 10 aromatic rings. The van der Waals surface area contributed by atoms with Gasteiger partial charge < -0.3 is 24.9 Å². The minimum atomic E-state index is -1.41. The highest BCUT2D eigenvalue weighted by molar-refractivity contribution is 8.02. The lowest BCUT2D eigenvalue weighted by Crippen LogP contribution is -2.71. The van der Waals surface area contributed by atoms with Gasteiger partial charge in [-0.05, 0) is 58.2 Å². The number of aromatic nitrogens is 1. The summed E-state index contributed by atoms with van der Waals surface area (Å²) in [6.45, 7) is -0.103. The lowest BCUT2D eigenvalue weighted by Gasteiger charge is -2.49. The fourth-order valence-electron chi connectivity index (χ4n) is 10.6. The Labute approximate surface area is 506 Å². The van der Waals surface area contributed by atoms with E-state index < -0.39 is 46.2 Å². The summed E-state index contributed by atoms with van der Waals surface area (Å²) in [7, 11) is 1.56. The number of ether oxygens (including phenoxy) is 2. The van der Waals surface area contributed by atoms with E-state index >= 15 is 4.79 Å². The zero-order chi connectivity index (χ0) is 58.3. The van der Waals surface area contributed by atoms with E-state index in [-0.39, 0.29) is 40.6 Å². The number of thioether (sulfide) groups is 2. The molecule has 0 radical (unpaired) electrons. The third kappa shape index (κ3) is 11.4. The summed E-state index contributed by atoms with van der Waals surface area (Å²) >= 11 is 5.22. The lowest BCUT2D eigenvalue weighted by molar-refractivity contribution is -0.153. The molecule has 85 heavy (non-hydrogen) atoms. The standard InChI is InChI=1S/C68H52FN5O7S4/c1-79-53-35-32-44(33-36-53)40-80-65(78)61-45(41-82-58-39-56(75)54-37-34-52(69)38-57(54)85-58)42-83-64-60(63(77)74(61)64)71-62(76)59(73-81-68(49-26-14-5-15-27-49,50-28-16-6-17-29-50)51-30-18-7-19-31-51)55-43-84-66(70-55)72-67(46-20-8-2-9-21-46,47-22-10-3-11-23-47)48-24-12-4-13-25-48/h2-39,43,60,64H,40-42H2,1H3,(H,70,72)(H,71,76)/b73-59-/t60?,64-/m1/s1. The van der Waals surface area contributed by atoms with Crippen molar-refractivity contribution < 1.29 is 33.1 Å². The number of amides is 2. The van der Waals surface area contributed by atoms with Crippen molar-refractivity contribution in [1.29, 1.82) is 0 Å². The van der Waals surface area contributed by atoms with Gasteiger partial charge in [0.05, 0.1) is 11.3 Å². The molecule has 12 rings (SSSR count). The number of halogens is 1. The second kappa shape index (κ2) is 25.0. The molecule has 17 heteroatoms. The molecule has 4 heterocycles. The number of benzene rings is 8. The quantitative estimate of drug-likeness (QED) is 0.0188. The van der Waals surface area contributed by atoms with Gasteiger partial charge in [-0.1, -0.05) is 199 Å². The molecule has 2 atom stereocenters. The molecule has 2 N–H and O–H groups in total. The maximum Gasteiger partial charge on any atom is 0.355 e. The number of esters is 1. The molecular formula is C68H52FN5O7S4. The largest absolute Gasteiger partial charge is 0.497 e. The van der Waals surface area contributed by atoms with E-state index in [9.17, 15) is 18.8 Å². The molecular weight excluding hydrogens is 1150 g/mol. The van der Waals surface area contributed by atoms with Gasteiger partial charge in [-0.25, -0.2) is 14.2 Å². The van der Waals surface area contributed by atoms with E-state index in [0.717, 1.165) is 33.4 Å². The number of nitrogens with one attached hydrogen (secondary N) is 2. The van der Waals surface area contributed by atoms with Gasteiger partial charge >= 0.3 is 5.97 Å². The summed E-state index contributed by atoms with van der Waals surface area (Å²) in [6.07, 6.45) is 0. The van der Waals surface area contributed by atoms with E-state index in [2.05, 4.69) is 47.0 Å². The van der Waals surface area contributed by atoms with Crippen LogP contribution in [0.1, 0.15) is 44.6 Å². The molecule has 2 amide bonds. The summed E-state index contributed by atoms with van der Waals surface area (Å²) < 4.78 is 26.7. The Morgan fingerprint density at radius 2 is 1.25 bits per heavy atom. The Bertz CT molecular complexity index is 3970. The number of nitrogens with zero attached hydrogens (tertiary/aromatic N) is 3. The predicted molar refractivity (Wildman–Crippen MR) is 335 cm³/mol. The van der Waals surface area contributed by atoms with Crippen molar-refractivity contribution in [1.82, 2.24) is 15.2 Å². The van der Waals surface area contributed by atoms with Crippen molar-refractivity contribution in [2.45, 2.75) is 33.4 Å². The van der Waals surface area contributed by atoms with E-state index in [1.807, 2.05) is 146 Å². The van der Waals surface area contributed by atoms with Gasteiger partial charge in [0.25, 0.3) is 11.8 Å². The molecule has 422 valence electrons. The fourth-order valence-corrected chi connectivity index (χ4v) is 15.1. The van der Waals surface area contributed by atoms with Crippen molar-refractivity contribution in [3.8, 4) is 5.75 Å². The molecule has 1 unspecified atom stereocenters. The van der Waals surface area contributed by atoms with E-state index in [1.165, 1.54) is 75.4 Å². The van der Waals surface area contributed by atoms with Crippen LogP contribution in [0.4, 0.5) is 9.52 Å². The molecule has 0 bridgehead atoms. The van der Waals surface area contributed by atoms with Crippen molar-refractivity contribution in [3.63, 3.8) is 0 Å². The van der Waals surface area contributed by atoms with Crippen LogP contribution in [-0.4, -0.2) is 63.4 Å². The van der Waals surface area contributed by atoms with Crippen LogP contribution in [-0.2, 0) is 41.7 Å². The Balaban J connectivity index is 0.917. The third-order valence-corrected chi connectivity index (χ3v) is 19.3. The zero-order valence-electron chi connectivity index (χ0n) is 45.5. The Hall–Kier alpha value is -9.13. The van der Waals surface area contributed by atoms with E-state index in [1.54, 1.807) is 36.8 Å². The van der Waals surface area contributed by atoms with Gasteiger partial charge in [0.2, 0.25) is 5.60 Å². The van der Waals surface area contributed by atoms with Crippen LogP contribution in [0, 0.1) is 5.82 Å². The average Bonchev–Trinajstić information content (AvgIpc) is 2.08. The molecule has 1 saturated heterocycles. The van der Waals surface area contributed by atoms with Gasteiger partial charge in [0.15, 0.2) is 16.3 Å². The summed E-state index contributed by atoms with van der Waals surface area (Å²) in [6, 6.07) is 70.7. The third-order valence-electron chi connectivity index (χ3n) is 14.8. The minimum Gasteiger partial charge on any atom is -0.497 e. The van der Waals surface area contributed by atoms with Crippen LogP contribution in [0.3, 0.4) is 0 Å². The number of carbonyl (C=O) groups excluding carboxylic acids is 3. The number of thiazole rings is 1. The average molecular weight is 1200 g/mol. The molecule has 2 aliphatic heterocycles. The van der Waals surface area contributed by atoms with Gasteiger partial charge in [0.1, 0.15) is 46.5 Å². The Kier molecular flexibility index (Phi) is 16.6. The van der Waals surface area contributed by atoms with Crippen LogP contribution in [0.15, 0.2) is 261 Å². The monoisotopic (exact) mass is 1200 g/mol. The molecule has 2 aliphatic rings. The van der Waals surface area contributed by atoms with E-state index in [4.69, 9.17) is 24.5 Å². The topological polar surface area (TPSA) is 149 Å². The highest BCUT2D eigenvalue weighted by atomic mass is 32.2. The number of rotatable bonds is 20. The fraction of sp³-hybridized carbons (Fsp3) is 0.118. The summed E-state index contributed by atoms with van der Waals surface area (Å²) in [5, 5.41) is 13.6. The SMILES string of the molecule is COc1ccc(COC(=O)C2=C(CSc3cc(=O)c4ccc(F)cc4s3)CS[C@@H]3C(NC(=O)/C(=N\OC(c4ccccc4)(c4ccccc4)c4ccccc4)c4csc(NC(c5ccccc5)(c5ccccc5)c5ccccc5)n4)C(=O)N23)cc1. The number of carbonyl (C=O) groups is 3. The second-order valence-electron chi connectivity index (χ2n) is 19.9. The molecule has 0 saturated carbocycles. The maximum atomic E-state index is 15.5. The van der Waals surface area contributed by atoms with Crippen molar-refractivity contribution in [3.05, 3.63) is 308 Å². The van der Waals surface area contributed by atoms with Gasteiger partial charge in [-0.3, -0.25) is 19.3 Å². The van der Waals surface area contributed by atoms with Gasteiger partial charge in [-0.2, -0.15) is 0 Å². The highest BCUT2D eigenvalue weighted by Gasteiger charge is 2.55. The molecule has 12 nitrogen and oxygen atoms in total. The number of methoxy groups -OCH3 is 1. The number of β-lactam (4-membered cyclic amide) rings is 1. The maximum absolute atomic E-state index is 15.5. The lowest BCUT2D eigenvalue weighted by atomic mass is 9.77. The molecule has 8 aromatic carbocycles. The van der Waals surface area contributed by atoms with Crippen molar-refractivity contribution >= 4 is 84.9 Å². The van der Waals surface area contributed by atoms with Crippen LogP contribution < -0.4 is 20.8 Å². The highest BCUT2D eigenvalue weighted by Crippen LogP contribution is 2.45.